The molecule has 3 aliphatic rings. The van der Waals surface area contributed by atoms with E-state index >= 15 is 0 Å². The van der Waals surface area contributed by atoms with Gasteiger partial charge in [0.25, 0.3) is 0 Å². The summed E-state index contributed by atoms with van der Waals surface area (Å²) >= 11 is 0. The highest BCUT2D eigenvalue weighted by molar-refractivity contribution is 5.96. The van der Waals surface area contributed by atoms with Gasteiger partial charge in [0.15, 0.2) is 0 Å². The van der Waals surface area contributed by atoms with Crippen LogP contribution < -0.4 is 11.1 Å². The molecule has 0 spiro atoms. The van der Waals surface area contributed by atoms with Crippen LogP contribution in [0.5, 0.6) is 0 Å². The summed E-state index contributed by atoms with van der Waals surface area (Å²) in [5.41, 5.74) is 8.60. The Bertz CT molecular complexity index is 546. The number of hydrogen-bond acceptors (Lipinski definition) is 3. The number of para-hydroxylation sites is 1. The summed E-state index contributed by atoms with van der Waals surface area (Å²) in [5.74, 6) is 0.831. The topological polar surface area (TPSA) is 58.4 Å². The highest BCUT2D eigenvalue weighted by atomic mass is 16.2. The first-order valence-electron chi connectivity index (χ1n) is 7.57. The normalized spacial score (nSPS) is 29.1. The predicted octanol–water partition coefficient (Wildman–Crippen LogP) is 1.36. The van der Waals surface area contributed by atoms with Gasteiger partial charge in [-0.2, -0.15) is 0 Å². The summed E-state index contributed by atoms with van der Waals surface area (Å²) in [7, 11) is 0. The van der Waals surface area contributed by atoms with Gasteiger partial charge in [0.1, 0.15) is 0 Å². The molecular weight excluding hydrogens is 250 g/mol. The maximum atomic E-state index is 12.4. The van der Waals surface area contributed by atoms with E-state index in [1.54, 1.807) is 0 Å². The molecule has 20 heavy (non-hydrogen) atoms. The number of nitrogens with zero attached hydrogens (tertiary/aromatic N) is 1. The monoisotopic (exact) mass is 271 g/mol. The molecule has 0 aromatic heterocycles. The van der Waals surface area contributed by atoms with Crippen molar-refractivity contribution in [2.45, 2.75) is 37.3 Å². The average molecular weight is 271 g/mol. The van der Waals surface area contributed by atoms with Crippen LogP contribution in [0.15, 0.2) is 24.3 Å². The Morgan fingerprint density at radius 1 is 1.20 bits per heavy atom. The van der Waals surface area contributed by atoms with Crippen LogP contribution in [-0.2, 0) is 11.2 Å². The van der Waals surface area contributed by atoms with Crippen molar-refractivity contribution in [3.05, 3.63) is 29.8 Å². The van der Waals surface area contributed by atoms with Crippen molar-refractivity contribution in [2.24, 2.45) is 11.7 Å². The fraction of sp³-hybridized carbons (Fsp3) is 0.562. The van der Waals surface area contributed by atoms with E-state index in [1.807, 2.05) is 18.2 Å². The van der Waals surface area contributed by atoms with E-state index in [-0.39, 0.29) is 17.5 Å². The summed E-state index contributed by atoms with van der Waals surface area (Å²) in [6.07, 6.45) is 4.39. The molecule has 1 atom stereocenters. The van der Waals surface area contributed by atoms with Crippen molar-refractivity contribution in [1.82, 2.24) is 4.90 Å². The van der Waals surface area contributed by atoms with Gasteiger partial charge in [-0.05, 0) is 43.2 Å². The molecule has 106 valence electrons. The Morgan fingerprint density at radius 2 is 1.95 bits per heavy atom. The van der Waals surface area contributed by atoms with Crippen LogP contribution in [0.25, 0.3) is 0 Å². The predicted molar refractivity (Wildman–Crippen MR) is 78.4 cm³/mol. The van der Waals surface area contributed by atoms with Gasteiger partial charge >= 0.3 is 0 Å². The van der Waals surface area contributed by atoms with Gasteiger partial charge in [0.05, 0.1) is 6.04 Å². The molecule has 3 N–H and O–H groups in total. The molecule has 1 saturated carbocycles. The Kier molecular flexibility index (Phi) is 2.66. The largest absolute Gasteiger partial charge is 0.324 e. The Labute approximate surface area is 119 Å². The van der Waals surface area contributed by atoms with E-state index in [9.17, 15) is 4.79 Å². The molecule has 4 rings (SSSR count). The van der Waals surface area contributed by atoms with Gasteiger partial charge in [-0.25, -0.2) is 0 Å². The van der Waals surface area contributed by atoms with Crippen LogP contribution in [0, 0.1) is 5.92 Å². The van der Waals surface area contributed by atoms with Crippen molar-refractivity contribution in [3.63, 3.8) is 0 Å². The summed E-state index contributed by atoms with van der Waals surface area (Å²) in [6.45, 7) is 1.76. The number of fused-ring (bicyclic) bond motifs is 1. The van der Waals surface area contributed by atoms with Crippen LogP contribution in [0.2, 0.25) is 0 Å². The second-order valence-corrected chi connectivity index (χ2v) is 6.61. The van der Waals surface area contributed by atoms with E-state index in [0.717, 1.165) is 31.6 Å². The third kappa shape index (κ3) is 1.95. The summed E-state index contributed by atoms with van der Waals surface area (Å²) < 4.78 is 0. The number of nitrogens with two attached hydrogens (primary N) is 1. The van der Waals surface area contributed by atoms with Crippen molar-refractivity contribution in [2.75, 3.05) is 18.4 Å². The zero-order valence-electron chi connectivity index (χ0n) is 11.6. The highest BCUT2D eigenvalue weighted by Crippen LogP contribution is 2.44. The molecule has 0 radical (unpaired) electrons. The molecule has 4 nitrogen and oxygen atoms in total. The van der Waals surface area contributed by atoms with Gasteiger partial charge in [0, 0.05) is 24.3 Å². The van der Waals surface area contributed by atoms with Gasteiger partial charge in [0.2, 0.25) is 5.91 Å². The van der Waals surface area contributed by atoms with Gasteiger partial charge in [-0.1, -0.05) is 18.2 Å². The first-order chi connectivity index (χ1) is 9.66. The van der Waals surface area contributed by atoms with Crippen LogP contribution in [-0.4, -0.2) is 35.5 Å². The fourth-order valence-electron chi connectivity index (χ4n) is 3.69. The number of benzene rings is 1. The Hall–Kier alpha value is -1.39. The lowest BCUT2D eigenvalue weighted by Gasteiger charge is -2.51. The Morgan fingerprint density at radius 3 is 2.70 bits per heavy atom. The molecule has 1 aromatic rings. The molecular formula is C16H21N3O. The molecule has 1 saturated heterocycles. The molecule has 2 heterocycles. The first-order valence-corrected chi connectivity index (χ1v) is 7.57. The molecule has 1 amide bonds. The van der Waals surface area contributed by atoms with Gasteiger partial charge < -0.3 is 11.1 Å². The molecule has 0 bridgehead atoms. The van der Waals surface area contributed by atoms with Gasteiger partial charge in [-0.15, -0.1) is 0 Å². The fourth-order valence-corrected chi connectivity index (χ4v) is 3.69. The SMILES string of the molecule is NC1(C2CC2)CN(C2CCc3ccccc3NC2=O)C1. The zero-order chi connectivity index (χ0) is 13.7. The third-order valence-corrected chi connectivity index (χ3v) is 5.09. The molecule has 2 fully saturated rings. The lowest BCUT2D eigenvalue weighted by atomic mass is 9.83. The van der Waals surface area contributed by atoms with E-state index in [4.69, 9.17) is 5.73 Å². The number of likely N-dealkylation sites (tertiary alicyclic amines) is 1. The minimum atomic E-state index is -0.0159. The summed E-state index contributed by atoms with van der Waals surface area (Å²) in [5, 5.41) is 3.07. The number of aryl methyl sites for hydroxylation is 1. The lowest BCUT2D eigenvalue weighted by molar-refractivity contribution is -0.125. The molecule has 1 aromatic carbocycles. The van der Waals surface area contributed by atoms with Crippen molar-refractivity contribution in [1.29, 1.82) is 0 Å². The number of hydrogen-bond donors (Lipinski definition) is 2. The number of amides is 1. The minimum Gasteiger partial charge on any atom is -0.324 e. The molecule has 2 aliphatic heterocycles. The number of carbonyl (C=O) groups excluding carboxylic acids is 1. The van der Waals surface area contributed by atoms with E-state index < -0.39 is 0 Å². The van der Waals surface area contributed by atoms with E-state index in [2.05, 4.69) is 16.3 Å². The van der Waals surface area contributed by atoms with Gasteiger partial charge in [-0.3, -0.25) is 9.69 Å². The number of nitrogens with one attached hydrogen (secondary N) is 1. The minimum absolute atomic E-state index is 0.0144. The maximum absolute atomic E-state index is 12.4. The quantitative estimate of drug-likeness (QED) is 0.854. The molecule has 1 unspecified atom stereocenters. The van der Waals surface area contributed by atoms with Crippen molar-refractivity contribution in [3.8, 4) is 0 Å². The van der Waals surface area contributed by atoms with E-state index in [1.165, 1.54) is 18.4 Å². The Balaban J connectivity index is 1.47. The van der Waals surface area contributed by atoms with Crippen molar-refractivity contribution >= 4 is 11.6 Å². The van der Waals surface area contributed by atoms with Crippen LogP contribution in [0.3, 0.4) is 0 Å². The average Bonchev–Trinajstić information content (AvgIpc) is 3.22. The second-order valence-electron chi connectivity index (χ2n) is 6.61. The molecule has 1 aliphatic carbocycles. The smallest absolute Gasteiger partial charge is 0.241 e. The van der Waals surface area contributed by atoms with E-state index in [0.29, 0.717) is 5.92 Å². The summed E-state index contributed by atoms with van der Waals surface area (Å²) in [4.78, 5) is 14.7. The number of anilines is 1. The van der Waals surface area contributed by atoms with Crippen LogP contribution in [0.4, 0.5) is 5.69 Å². The second kappa shape index (κ2) is 4.30. The highest BCUT2D eigenvalue weighted by Gasteiger charge is 2.52. The van der Waals surface area contributed by atoms with Crippen LogP contribution in [0.1, 0.15) is 24.8 Å². The zero-order valence-corrected chi connectivity index (χ0v) is 11.6. The molecule has 4 heteroatoms. The number of carbonyl (C=O) groups is 1. The lowest BCUT2D eigenvalue weighted by Crippen LogP contribution is -2.71. The maximum Gasteiger partial charge on any atom is 0.241 e. The van der Waals surface area contributed by atoms with Crippen LogP contribution >= 0.6 is 0 Å². The third-order valence-electron chi connectivity index (χ3n) is 5.09. The summed E-state index contributed by atoms with van der Waals surface area (Å²) in [6, 6.07) is 8.08. The first kappa shape index (κ1) is 12.4. The van der Waals surface area contributed by atoms with Crippen molar-refractivity contribution < 1.29 is 4.79 Å². The number of rotatable bonds is 2. The standard InChI is InChI=1S/C16H21N3O/c17-16(12-6-7-12)9-19(10-16)14-8-5-11-3-1-2-4-13(11)18-15(14)20/h1-4,12,14H,5-10,17H2,(H,18,20).